The lowest BCUT2D eigenvalue weighted by Crippen LogP contribution is -2.14. The predicted molar refractivity (Wildman–Crippen MR) is 104 cm³/mol. The van der Waals surface area contributed by atoms with Crippen LogP contribution in [0.25, 0.3) is 6.08 Å². The first-order valence-electron chi connectivity index (χ1n) is 7.56. The predicted octanol–water partition coefficient (Wildman–Crippen LogP) is 5.36. The number of hydrogen-bond donors (Lipinski definition) is 1. The molecular weight excluding hydrogens is 404 g/mol. The highest BCUT2D eigenvalue weighted by molar-refractivity contribution is 9.10. The van der Waals surface area contributed by atoms with Crippen LogP contribution in [-0.2, 0) is 4.79 Å². The molecule has 0 saturated heterocycles. The molecule has 0 bridgehead atoms. The molecule has 0 aliphatic heterocycles. The molecule has 2 aromatic carbocycles. The molecule has 0 heterocycles. The standard InChI is InChI=1S/C19H16BrClN2O2/c1-3-25-16-9-13(8-15(20)10-16)7-14(11-22)19(24)23-18-6-4-5-17(21)12(18)2/h4-10H,3H2,1-2H3,(H,23,24)/b14-7+. The van der Waals surface area contributed by atoms with Gasteiger partial charge in [0.15, 0.2) is 0 Å². The summed E-state index contributed by atoms with van der Waals surface area (Å²) in [6, 6.07) is 12.5. The summed E-state index contributed by atoms with van der Waals surface area (Å²) in [4.78, 5) is 12.4. The van der Waals surface area contributed by atoms with E-state index in [-0.39, 0.29) is 5.57 Å². The van der Waals surface area contributed by atoms with E-state index >= 15 is 0 Å². The van der Waals surface area contributed by atoms with Crippen LogP contribution in [0.5, 0.6) is 5.75 Å². The van der Waals surface area contributed by atoms with Gasteiger partial charge >= 0.3 is 0 Å². The Bertz CT molecular complexity index is 872. The van der Waals surface area contributed by atoms with Gasteiger partial charge in [0, 0.05) is 15.2 Å². The number of hydrogen-bond acceptors (Lipinski definition) is 3. The van der Waals surface area contributed by atoms with Gasteiger partial charge in [-0.25, -0.2) is 0 Å². The number of nitrogens with zero attached hydrogens (tertiary/aromatic N) is 1. The van der Waals surface area contributed by atoms with Crippen LogP contribution in [0.15, 0.2) is 46.4 Å². The third-order valence-corrected chi connectivity index (χ3v) is 4.26. The summed E-state index contributed by atoms with van der Waals surface area (Å²) < 4.78 is 6.27. The van der Waals surface area contributed by atoms with Gasteiger partial charge in [0.1, 0.15) is 17.4 Å². The van der Waals surface area contributed by atoms with Gasteiger partial charge in [0.05, 0.1) is 6.61 Å². The number of benzene rings is 2. The van der Waals surface area contributed by atoms with Crippen molar-refractivity contribution in [2.24, 2.45) is 0 Å². The number of anilines is 1. The molecule has 128 valence electrons. The highest BCUT2D eigenvalue weighted by Crippen LogP contribution is 2.25. The van der Waals surface area contributed by atoms with Gasteiger partial charge in [-0.3, -0.25) is 4.79 Å². The van der Waals surface area contributed by atoms with Gasteiger partial charge in [-0.15, -0.1) is 0 Å². The zero-order valence-corrected chi connectivity index (χ0v) is 16.1. The number of halogens is 2. The average molecular weight is 420 g/mol. The normalized spacial score (nSPS) is 10.9. The van der Waals surface area contributed by atoms with Gasteiger partial charge in [0.25, 0.3) is 5.91 Å². The lowest BCUT2D eigenvalue weighted by molar-refractivity contribution is -0.112. The molecule has 1 N–H and O–H groups in total. The van der Waals surface area contributed by atoms with Gasteiger partial charge < -0.3 is 10.1 Å². The van der Waals surface area contributed by atoms with Crippen molar-refractivity contribution in [2.75, 3.05) is 11.9 Å². The van der Waals surface area contributed by atoms with E-state index in [1.54, 1.807) is 37.3 Å². The molecule has 0 aliphatic rings. The lowest BCUT2D eigenvalue weighted by Gasteiger charge is -2.09. The highest BCUT2D eigenvalue weighted by atomic mass is 79.9. The Morgan fingerprint density at radius 1 is 1.40 bits per heavy atom. The van der Waals surface area contributed by atoms with Crippen LogP contribution in [0.2, 0.25) is 5.02 Å². The van der Waals surface area contributed by atoms with Crippen molar-refractivity contribution in [2.45, 2.75) is 13.8 Å². The van der Waals surface area contributed by atoms with Crippen molar-refractivity contribution in [1.82, 2.24) is 0 Å². The summed E-state index contributed by atoms with van der Waals surface area (Å²) in [7, 11) is 0. The second-order valence-corrected chi connectivity index (χ2v) is 6.51. The first kappa shape index (κ1) is 19.0. The topological polar surface area (TPSA) is 62.1 Å². The van der Waals surface area contributed by atoms with Crippen molar-refractivity contribution in [3.8, 4) is 11.8 Å². The molecule has 2 rings (SSSR count). The molecular formula is C19H16BrClN2O2. The van der Waals surface area contributed by atoms with E-state index in [0.717, 1.165) is 10.0 Å². The third kappa shape index (κ3) is 5.09. The van der Waals surface area contributed by atoms with Crippen LogP contribution >= 0.6 is 27.5 Å². The summed E-state index contributed by atoms with van der Waals surface area (Å²) in [5, 5.41) is 12.6. The molecule has 0 spiro atoms. The number of carbonyl (C=O) groups is 1. The minimum atomic E-state index is -0.495. The Balaban J connectivity index is 2.29. The fraction of sp³-hybridized carbons (Fsp3) is 0.158. The maximum absolute atomic E-state index is 12.4. The van der Waals surface area contributed by atoms with E-state index in [1.807, 2.05) is 19.1 Å². The number of carbonyl (C=O) groups excluding carboxylic acids is 1. The smallest absolute Gasteiger partial charge is 0.266 e. The summed E-state index contributed by atoms with van der Waals surface area (Å²) in [6.07, 6.45) is 1.52. The molecule has 0 fully saturated rings. The fourth-order valence-electron chi connectivity index (χ4n) is 2.17. The molecule has 0 aromatic heterocycles. The van der Waals surface area contributed by atoms with Crippen molar-refractivity contribution >= 4 is 45.2 Å². The summed E-state index contributed by atoms with van der Waals surface area (Å²) in [6.45, 7) is 4.22. The largest absolute Gasteiger partial charge is 0.494 e. The SMILES string of the molecule is CCOc1cc(Br)cc(/C=C(\C#N)C(=O)Nc2cccc(Cl)c2C)c1. The minimum Gasteiger partial charge on any atom is -0.494 e. The van der Waals surface area contributed by atoms with E-state index in [9.17, 15) is 10.1 Å². The number of rotatable bonds is 5. The summed E-state index contributed by atoms with van der Waals surface area (Å²) in [5.41, 5.74) is 1.99. The molecule has 25 heavy (non-hydrogen) atoms. The van der Waals surface area contributed by atoms with E-state index in [1.165, 1.54) is 6.08 Å². The summed E-state index contributed by atoms with van der Waals surface area (Å²) >= 11 is 9.45. The maximum Gasteiger partial charge on any atom is 0.266 e. The Hall–Kier alpha value is -2.29. The molecule has 2 aromatic rings. The van der Waals surface area contributed by atoms with E-state index in [0.29, 0.717) is 28.6 Å². The van der Waals surface area contributed by atoms with Crippen LogP contribution < -0.4 is 10.1 Å². The number of nitrogens with one attached hydrogen (secondary N) is 1. The van der Waals surface area contributed by atoms with Crippen LogP contribution in [0.1, 0.15) is 18.1 Å². The second-order valence-electron chi connectivity index (χ2n) is 5.19. The van der Waals surface area contributed by atoms with Crippen LogP contribution in [0.3, 0.4) is 0 Å². The first-order chi connectivity index (χ1) is 11.9. The van der Waals surface area contributed by atoms with Crippen molar-refractivity contribution in [3.63, 3.8) is 0 Å². The Kier molecular flexibility index (Phi) is 6.63. The van der Waals surface area contributed by atoms with Crippen molar-refractivity contribution in [1.29, 1.82) is 5.26 Å². The third-order valence-electron chi connectivity index (χ3n) is 3.40. The average Bonchev–Trinajstić information content (AvgIpc) is 2.56. The van der Waals surface area contributed by atoms with Crippen molar-refractivity contribution < 1.29 is 9.53 Å². The van der Waals surface area contributed by atoms with Crippen LogP contribution in [0, 0.1) is 18.3 Å². The van der Waals surface area contributed by atoms with Gasteiger partial charge in [-0.2, -0.15) is 5.26 Å². The zero-order valence-electron chi connectivity index (χ0n) is 13.8. The number of ether oxygens (including phenoxy) is 1. The first-order valence-corrected chi connectivity index (χ1v) is 8.73. The monoisotopic (exact) mass is 418 g/mol. The zero-order chi connectivity index (χ0) is 18.4. The lowest BCUT2D eigenvalue weighted by atomic mass is 10.1. The molecule has 0 radical (unpaired) electrons. The van der Waals surface area contributed by atoms with Gasteiger partial charge in [-0.1, -0.05) is 33.6 Å². The molecule has 0 unspecified atom stereocenters. The molecule has 0 aliphatic carbocycles. The Morgan fingerprint density at radius 3 is 2.84 bits per heavy atom. The quantitative estimate of drug-likeness (QED) is 0.524. The Labute approximate surface area is 160 Å². The number of amides is 1. The summed E-state index contributed by atoms with van der Waals surface area (Å²) in [5.74, 6) is 0.164. The van der Waals surface area contributed by atoms with Crippen LogP contribution in [0.4, 0.5) is 5.69 Å². The van der Waals surface area contributed by atoms with Gasteiger partial charge in [0.2, 0.25) is 0 Å². The second kappa shape index (κ2) is 8.70. The van der Waals surface area contributed by atoms with E-state index in [4.69, 9.17) is 16.3 Å². The molecule has 6 heteroatoms. The number of nitriles is 1. The minimum absolute atomic E-state index is 0.0140. The molecule has 0 atom stereocenters. The van der Waals surface area contributed by atoms with E-state index < -0.39 is 5.91 Å². The van der Waals surface area contributed by atoms with Crippen LogP contribution in [-0.4, -0.2) is 12.5 Å². The molecule has 4 nitrogen and oxygen atoms in total. The van der Waals surface area contributed by atoms with Gasteiger partial charge in [-0.05, 0) is 61.4 Å². The Morgan fingerprint density at radius 2 is 2.16 bits per heavy atom. The maximum atomic E-state index is 12.4. The fourth-order valence-corrected chi connectivity index (χ4v) is 2.83. The highest BCUT2D eigenvalue weighted by Gasteiger charge is 2.12. The molecule has 0 saturated carbocycles. The van der Waals surface area contributed by atoms with Crippen molar-refractivity contribution in [3.05, 3.63) is 62.6 Å². The van der Waals surface area contributed by atoms with E-state index in [2.05, 4.69) is 21.2 Å². The molecule has 1 amide bonds.